The van der Waals surface area contributed by atoms with Gasteiger partial charge in [0.1, 0.15) is 5.71 Å². The minimum absolute atomic E-state index is 0.0472. The van der Waals surface area contributed by atoms with Gasteiger partial charge in [-0.25, -0.2) is 18.6 Å². The lowest BCUT2D eigenvalue weighted by atomic mass is 10.1. The Bertz CT molecular complexity index is 903. The largest absolute Gasteiger partial charge is 0.446 e. The van der Waals surface area contributed by atoms with E-state index in [1.54, 1.807) is 50.2 Å². The van der Waals surface area contributed by atoms with Crippen molar-refractivity contribution in [1.82, 2.24) is 5.43 Å². The number of hydrogen-bond donors (Lipinski definition) is 1. The normalized spacial score (nSPS) is 12.3. The Morgan fingerprint density at radius 2 is 1.88 bits per heavy atom. The van der Waals surface area contributed by atoms with Gasteiger partial charge in [-0.3, -0.25) is 0 Å². The molecule has 9 heteroatoms. The first-order chi connectivity index (χ1) is 12.1. The van der Waals surface area contributed by atoms with E-state index in [9.17, 15) is 13.2 Å². The Kier molecular flexibility index (Phi) is 6.80. The third kappa shape index (κ3) is 6.44. The number of hydrogen-bond acceptors (Lipinski definition) is 6. The molecule has 1 N–H and O–H groups in total. The molecule has 0 fully saturated rings. The van der Waals surface area contributed by atoms with Crippen molar-refractivity contribution in [1.29, 1.82) is 0 Å². The molecular formula is C17H19ClN2O4S2. The van der Waals surface area contributed by atoms with E-state index in [2.05, 4.69) is 10.5 Å². The molecule has 1 heterocycles. The minimum Gasteiger partial charge on any atom is -0.446 e. The van der Waals surface area contributed by atoms with E-state index in [-0.39, 0.29) is 11.9 Å². The molecule has 0 aliphatic carbocycles. The van der Waals surface area contributed by atoms with Crippen LogP contribution in [0.1, 0.15) is 29.2 Å². The molecule has 140 valence electrons. The van der Waals surface area contributed by atoms with Crippen LogP contribution in [0, 0.1) is 0 Å². The molecule has 26 heavy (non-hydrogen) atoms. The van der Waals surface area contributed by atoms with Crippen LogP contribution in [0.4, 0.5) is 4.79 Å². The molecule has 0 aliphatic heterocycles. The van der Waals surface area contributed by atoms with Crippen LogP contribution in [0.25, 0.3) is 0 Å². The number of ether oxygens (including phenoxy) is 1. The van der Waals surface area contributed by atoms with E-state index < -0.39 is 15.9 Å². The van der Waals surface area contributed by atoms with Crippen molar-refractivity contribution in [3.05, 3.63) is 56.7 Å². The van der Waals surface area contributed by atoms with Crippen molar-refractivity contribution < 1.29 is 17.9 Å². The van der Waals surface area contributed by atoms with Gasteiger partial charge in [0.05, 0.1) is 16.7 Å². The molecular weight excluding hydrogens is 396 g/mol. The molecule has 0 aliphatic rings. The SMILES string of the molecule is CC(C)OC(=O)NN=C(c1ccc(Cl)cc1)c1ccc(CS(C)(=O)=O)s1. The van der Waals surface area contributed by atoms with Crippen LogP contribution in [0.3, 0.4) is 0 Å². The van der Waals surface area contributed by atoms with Gasteiger partial charge in [-0.1, -0.05) is 23.7 Å². The van der Waals surface area contributed by atoms with Crippen molar-refractivity contribution in [2.45, 2.75) is 25.7 Å². The third-order valence-corrected chi connectivity index (χ3v) is 5.38. The lowest BCUT2D eigenvalue weighted by Crippen LogP contribution is -2.24. The van der Waals surface area contributed by atoms with E-state index in [0.29, 0.717) is 15.6 Å². The molecule has 0 saturated carbocycles. The van der Waals surface area contributed by atoms with Crippen LogP contribution in [0.5, 0.6) is 0 Å². The first kappa shape index (κ1) is 20.4. The van der Waals surface area contributed by atoms with E-state index in [0.717, 1.165) is 10.4 Å². The molecule has 0 spiro atoms. The zero-order valence-electron chi connectivity index (χ0n) is 14.5. The van der Waals surface area contributed by atoms with Gasteiger partial charge in [-0.2, -0.15) is 5.10 Å². The number of sulfone groups is 1. The number of nitrogens with one attached hydrogen (secondary N) is 1. The molecule has 0 unspecified atom stereocenters. The zero-order valence-corrected chi connectivity index (χ0v) is 16.9. The second-order valence-electron chi connectivity index (χ2n) is 5.87. The number of carbonyl (C=O) groups is 1. The predicted molar refractivity (Wildman–Crippen MR) is 105 cm³/mol. The number of hydrazone groups is 1. The van der Waals surface area contributed by atoms with Crippen LogP contribution >= 0.6 is 22.9 Å². The van der Waals surface area contributed by atoms with Gasteiger partial charge in [0, 0.05) is 21.7 Å². The zero-order chi connectivity index (χ0) is 19.3. The second kappa shape index (κ2) is 8.66. The maximum absolute atomic E-state index is 11.7. The monoisotopic (exact) mass is 414 g/mol. The highest BCUT2D eigenvalue weighted by molar-refractivity contribution is 7.90. The summed E-state index contributed by atoms with van der Waals surface area (Å²) >= 11 is 7.23. The summed E-state index contributed by atoms with van der Waals surface area (Å²) in [7, 11) is -3.14. The van der Waals surface area contributed by atoms with Crippen molar-refractivity contribution in [2.75, 3.05) is 6.26 Å². The van der Waals surface area contributed by atoms with Crippen molar-refractivity contribution in [3.63, 3.8) is 0 Å². The first-order valence-corrected chi connectivity index (χ1v) is 11.0. The van der Waals surface area contributed by atoms with Gasteiger partial charge in [-0.05, 0) is 38.1 Å². The third-order valence-electron chi connectivity index (χ3n) is 3.02. The fourth-order valence-corrected chi connectivity index (χ4v) is 4.48. The standard InChI is InChI=1S/C17H19ClN2O4S2/c1-11(2)24-17(21)20-19-16(12-4-6-13(18)7-5-12)15-9-8-14(25-15)10-26(3,22)23/h4-9,11H,10H2,1-3H3,(H,20,21). The molecule has 1 aromatic carbocycles. The number of benzene rings is 1. The number of thiophene rings is 1. The Balaban J connectivity index is 2.34. The molecule has 1 aromatic heterocycles. The van der Waals surface area contributed by atoms with Gasteiger partial charge < -0.3 is 4.74 Å². The summed E-state index contributed by atoms with van der Waals surface area (Å²) in [6, 6.07) is 10.5. The summed E-state index contributed by atoms with van der Waals surface area (Å²) in [6.07, 6.45) is 0.246. The lowest BCUT2D eigenvalue weighted by molar-refractivity contribution is 0.116. The van der Waals surface area contributed by atoms with Crippen LogP contribution < -0.4 is 5.43 Å². The predicted octanol–water partition coefficient (Wildman–Crippen LogP) is 3.83. The van der Waals surface area contributed by atoms with Gasteiger partial charge in [0.2, 0.25) is 0 Å². The summed E-state index contributed by atoms with van der Waals surface area (Å²) in [5.74, 6) is -0.0472. The quantitative estimate of drug-likeness (QED) is 0.575. The number of amides is 1. The molecule has 2 rings (SSSR count). The summed E-state index contributed by atoms with van der Waals surface area (Å²) in [6.45, 7) is 3.47. The maximum Gasteiger partial charge on any atom is 0.428 e. The smallest absolute Gasteiger partial charge is 0.428 e. The van der Waals surface area contributed by atoms with Crippen molar-refractivity contribution >= 4 is 44.6 Å². The van der Waals surface area contributed by atoms with E-state index in [1.165, 1.54) is 17.6 Å². The summed E-state index contributed by atoms with van der Waals surface area (Å²) in [4.78, 5) is 13.1. The Labute approximate surface area is 161 Å². The second-order valence-corrected chi connectivity index (χ2v) is 9.61. The molecule has 0 saturated heterocycles. The van der Waals surface area contributed by atoms with E-state index in [1.807, 2.05) is 0 Å². The highest BCUT2D eigenvalue weighted by Gasteiger charge is 2.14. The average Bonchev–Trinajstić information content (AvgIpc) is 2.94. The fraction of sp³-hybridized carbons (Fsp3) is 0.294. The average molecular weight is 415 g/mol. The number of carbonyl (C=O) groups excluding carboxylic acids is 1. The van der Waals surface area contributed by atoms with Crippen LogP contribution in [-0.2, 0) is 20.3 Å². The van der Waals surface area contributed by atoms with E-state index >= 15 is 0 Å². The molecule has 0 atom stereocenters. The number of nitrogens with zero attached hydrogens (tertiary/aromatic N) is 1. The summed E-state index contributed by atoms with van der Waals surface area (Å²) in [5.41, 5.74) is 3.59. The van der Waals surface area contributed by atoms with Crippen LogP contribution in [0.15, 0.2) is 41.5 Å². The lowest BCUT2D eigenvalue weighted by Gasteiger charge is -2.09. The fourth-order valence-electron chi connectivity index (χ4n) is 2.05. The molecule has 1 amide bonds. The van der Waals surface area contributed by atoms with Crippen molar-refractivity contribution in [3.8, 4) is 0 Å². The van der Waals surface area contributed by atoms with Gasteiger partial charge in [-0.15, -0.1) is 11.3 Å². The number of halogens is 1. The first-order valence-electron chi connectivity index (χ1n) is 7.71. The van der Waals surface area contributed by atoms with Gasteiger partial charge in [0.15, 0.2) is 9.84 Å². The molecule has 0 radical (unpaired) electrons. The Hall–Kier alpha value is -1.90. The van der Waals surface area contributed by atoms with E-state index in [4.69, 9.17) is 16.3 Å². The minimum atomic E-state index is -3.14. The van der Waals surface area contributed by atoms with Crippen molar-refractivity contribution in [2.24, 2.45) is 5.10 Å². The Morgan fingerprint density at radius 3 is 2.46 bits per heavy atom. The van der Waals surface area contributed by atoms with Gasteiger partial charge in [0.25, 0.3) is 0 Å². The topological polar surface area (TPSA) is 84.8 Å². The van der Waals surface area contributed by atoms with Crippen LogP contribution in [-0.4, -0.2) is 32.6 Å². The number of rotatable bonds is 6. The maximum atomic E-state index is 11.7. The van der Waals surface area contributed by atoms with Crippen LogP contribution in [0.2, 0.25) is 5.02 Å². The Morgan fingerprint density at radius 1 is 1.23 bits per heavy atom. The molecule has 6 nitrogen and oxygen atoms in total. The molecule has 0 bridgehead atoms. The highest BCUT2D eigenvalue weighted by Crippen LogP contribution is 2.23. The van der Waals surface area contributed by atoms with Gasteiger partial charge >= 0.3 is 6.09 Å². The summed E-state index contributed by atoms with van der Waals surface area (Å²) < 4.78 is 28.0. The summed E-state index contributed by atoms with van der Waals surface area (Å²) in [5, 5.41) is 4.74. The highest BCUT2D eigenvalue weighted by atomic mass is 35.5. The molecule has 2 aromatic rings.